The second-order valence-electron chi connectivity index (χ2n) is 4.78. The first kappa shape index (κ1) is 14.8. The molecular weight excluding hydrogens is 272 g/mol. The van der Waals surface area contributed by atoms with Crippen LogP contribution in [-0.2, 0) is 4.74 Å². The molecule has 1 aromatic heterocycles. The van der Waals surface area contributed by atoms with Crippen LogP contribution in [0.3, 0.4) is 0 Å². The maximum absolute atomic E-state index is 5.98. The van der Waals surface area contributed by atoms with Crippen LogP contribution >= 0.6 is 11.6 Å². The molecule has 2 aromatic rings. The summed E-state index contributed by atoms with van der Waals surface area (Å²) < 4.78 is 5.08. The summed E-state index contributed by atoms with van der Waals surface area (Å²) in [6.45, 7) is 3.59. The molecule has 1 aromatic carbocycles. The SMILES string of the molecule is COCCN(C)c1ccc(-c2ccc(Cl)cc2C)nc1. The number of nitrogens with zero attached hydrogens (tertiary/aromatic N) is 2. The van der Waals surface area contributed by atoms with Gasteiger partial charge in [0, 0.05) is 31.3 Å². The van der Waals surface area contributed by atoms with E-state index in [-0.39, 0.29) is 0 Å². The zero-order valence-electron chi connectivity index (χ0n) is 12.1. The van der Waals surface area contributed by atoms with E-state index in [1.54, 1.807) is 7.11 Å². The molecule has 106 valence electrons. The Bertz CT molecular complexity index is 569. The number of aromatic nitrogens is 1. The van der Waals surface area contributed by atoms with Crippen molar-refractivity contribution >= 4 is 17.3 Å². The lowest BCUT2D eigenvalue weighted by Crippen LogP contribution is -2.22. The molecule has 0 amide bonds. The van der Waals surface area contributed by atoms with Gasteiger partial charge in [0.1, 0.15) is 0 Å². The van der Waals surface area contributed by atoms with Crippen LogP contribution in [0.15, 0.2) is 36.5 Å². The minimum atomic E-state index is 0.703. The predicted molar refractivity (Wildman–Crippen MR) is 84.6 cm³/mol. The molecule has 0 radical (unpaired) electrons. The van der Waals surface area contributed by atoms with Gasteiger partial charge in [-0.2, -0.15) is 0 Å². The Labute approximate surface area is 125 Å². The van der Waals surface area contributed by atoms with Crippen molar-refractivity contribution in [2.75, 3.05) is 32.2 Å². The molecule has 0 spiro atoms. The van der Waals surface area contributed by atoms with Gasteiger partial charge in [-0.05, 0) is 36.8 Å². The van der Waals surface area contributed by atoms with E-state index in [9.17, 15) is 0 Å². The monoisotopic (exact) mass is 290 g/mol. The van der Waals surface area contributed by atoms with Gasteiger partial charge in [-0.3, -0.25) is 4.98 Å². The Morgan fingerprint density at radius 2 is 2.05 bits per heavy atom. The van der Waals surface area contributed by atoms with E-state index in [1.807, 2.05) is 44.4 Å². The molecule has 0 N–H and O–H groups in total. The van der Waals surface area contributed by atoms with Gasteiger partial charge in [0.25, 0.3) is 0 Å². The van der Waals surface area contributed by atoms with E-state index < -0.39 is 0 Å². The van der Waals surface area contributed by atoms with E-state index in [2.05, 4.69) is 16.0 Å². The summed E-state index contributed by atoms with van der Waals surface area (Å²) >= 11 is 5.98. The Morgan fingerprint density at radius 1 is 1.25 bits per heavy atom. The first-order chi connectivity index (χ1) is 9.61. The number of anilines is 1. The van der Waals surface area contributed by atoms with Crippen molar-refractivity contribution in [3.05, 3.63) is 47.1 Å². The molecule has 0 unspecified atom stereocenters. The number of pyridine rings is 1. The van der Waals surface area contributed by atoms with Gasteiger partial charge in [0.15, 0.2) is 0 Å². The van der Waals surface area contributed by atoms with Crippen molar-refractivity contribution in [1.82, 2.24) is 4.98 Å². The maximum atomic E-state index is 5.98. The third-order valence-electron chi connectivity index (χ3n) is 3.28. The van der Waals surface area contributed by atoms with Crippen molar-refractivity contribution in [2.24, 2.45) is 0 Å². The number of hydrogen-bond donors (Lipinski definition) is 0. The summed E-state index contributed by atoms with van der Waals surface area (Å²) in [7, 11) is 3.74. The smallest absolute Gasteiger partial charge is 0.0706 e. The molecule has 0 aliphatic carbocycles. The first-order valence-electron chi connectivity index (χ1n) is 6.54. The van der Waals surface area contributed by atoms with Crippen LogP contribution in [0.25, 0.3) is 11.3 Å². The highest BCUT2D eigenvalue weighted by atomic mass is 35.5. The number of halogens is 1. The zero-order chi connectivity index (χ0) is 14.5. The lowest BCUT2D eigenvalue weighted by molar-refractivity contribution is 0.206. The standard InChI is InChI=1S/C16H19ClN2O/c1-12-10-13(17)4-6-15(12)16-7-5-14(11-18-16)19(2)8-9-20-3/h4-7,10-11H,8-9H2,1-3H3. The van der Waals surface area contributed by atoms with Gasteiger partial charge in [-0.15, -0.1) is 0 Å². The molecule has 0 saturated heterocycles. The molecule has 0 saturated carbocycles. The highest BCUT2D eigenvalue weighted by Crippen LogP contribution is 2.25. The van der Waals surface area contributed by atoms with Crippen molar-refractivity contribution in [1.29, 1.82) is 0 Å². The van der Waals surface area contributed by atoms with Crippen LogP contribution in [0.5, 0.6) is 0 Å². The first-order valence-corrected chi connectivity index (χ1v) is 6.92. The fourth-order valence-electron chi connectivity index (χ4n) is 2.04. The maximum Gasteiger partial charge on any atom is 0.0706 e. The number of hydrogen-bond acceptors (Lipinski definition) is 3. The number of rotatable bonds is 5. The summed E-state index contributed by atoms with van der Waals surface area (Å²) in [6, 6.07) is 9.97. The molecule has 3 nitrogen and oxygen atoms in total. The van der Waals surface area contributed by atoms with Crippen LogP contribution < -0.4 is 4.90 Å². The van der Waals surface area contributed by atoms with Gasteiger partial charge in [-0.25, -0.2) is 0 Å². The normalized spacial score (nSPS) is 10.6. The number of ether oxygens (including phenoxy) is 1. The van der Waals surface area contributed by atoms with Crippen LogP contribution in [0.4, 0.5) is 5.69 Å². The molecule has 2 rings (SSSR count). The second-order valence-corrected chi connectivity index (χ2v) is 5.21. The van der Waals surface area contributed by atoms with E-state index in [0.29, 0.717) is 6.61 Å². The topological polar surface area (TPSA) is 25.4 Å². The quantitative estimate of drug-likeness (QED) is 0.838. The number of aryl methyl sites for hydroxylation is 1. The summed E-state index contributed by atoms with van der Waals surface area (Å²) in [5.74, 6) is 0. The summed E-state index contributed by atoms with van der Waals surface area (Å²) in [4.78, 5) is 6.66. The molecule has 0 aliphatic rings. The highest BCUT2D eigenvalue weighted by molar-refractivity contribution is 6.30. The Kier molecular flexibility index (Phi) is 4.99. The fourth-order valence-corrected chi connectivity index (χ4v) is 2.27. The molecule has 1 heterocycles. The summed E-state index contributed by atoms with van der Waals surface area (Å²) in [6.07, 6.45) is 1.89. The van der Waals surface area contributed by atoms with E-state index in [1.165, 1.54) is 0 Å². The zero-order valence-corrected chi connectivity index (χ0v) is 12.8. The molecule has 0 atom stereocenters. The Morgan fingerprint density at radius 3 is 2.65 bits per heavy atom. The number of methoxy groups -OCH3 is 1. The second kappa shape index (κ2) is 6.73. The molecule has 0 aliphatic heterocycles. The lowest BCUT2D eigenvalue weighted by Gasteiger charge is -2.18. The number of benzene rings is 1. The largest absolute Gasteiger partial charge is 0.383 e. The minimum Gasteiger partial charge on any atom is -0.383 e. The Hall–Kier alpha value is -1.58. The van der Waals surface area contributed by atoms with Crippen molar-refractivity contribution in [3.63, 3.8) is 0 Å². The minimum absolute atomic E-state index is 0.703. The van der Waals surface area contributed by atoms with E-state index in [4.69, 9.17) is 16.3 Å². The molecule has 4 heteroatoms. The van der Waals surface area contributed by atoms with Crippen LogP contribution in [0.2, 0.25) is 5.02 Å². The molecule has 20 heavy (non-hydrogen) atoms. The third-order valence-corrected chi connectivity index (χ3v) is 3.52. The van der Waals surface area contributed by atoms with Crippen LogP contribution in [0.1, 0.15) is 5.56 Å². The average molecular weight is 291 g/mol. The van der Waals surface area contributed by atoms with E-state index >= 15 is 0 Å². The van der Waals surface area contributed by atoms with Gasteiger partial charge in [-0.1, -0.05) is 17.7 Å². The number of likely N-dealkylation sites (N-methyl/N-ethyl adjacent to an activating group) is 1. The van der Waals surface area contributed by atoms with Crippen LogP contribution in [-0.4, -0.2) is 32.3 Å². The van der Waals surface area contributed by atoms with Gasteiger partial charge >= 0.3 is 0 Å². The molecule has 0 fully saturated rings. The molecular formula is C16H19ClN2O. The summed E-state index contributed by atoms with van der Waals surface area (Å²) in [5.41, 5.74) is 4.28. The fraction of sp³-hybridized carbons (Fsp3) is 0.312. The van der Waals surface area contributed by atoms with Crippen molar-refractivity contribution < 1.29 is 4.74 Å². The molecule has 0 bridgehead atoms. The average Bonchev–Trinajstić information content (AvgIpc) is 2.45. The van der Waals surface area contributed by atoms with Crippen LogP contribution in [0, 0.1) is 6.92 Å². The predicted octanol–water partition coefficient (Wildman–Crippen LogP) is 3.79. The van der Waals surface area contributed by atoms with E-state index in [0.717, 1.165) is 34.1 Å². The lowest BCUT2D eigenvalue weighted by atomic mass is 10.1. The van der Waals surface area contributed by atoms with Crippen molar-refractivity contribution in [2.45, 2.75) is 6.92 Å². The Balaban J connectivity index is 2.19. The third kappa shape index (κ3) is 3.50. The van der Waals surface area contributed by atoms with Gasteiger partial charge in [0.2, 0.25) is 0 Å². The van der Waals surface area contributed by atoms with Crippen molar-refractivity contribution in [3.8, 4) is 11.3 Å². The van der Waals surface area contributed by atoms with Gasteiger partial charge in [0.05, 0.1) is 24.2 Å². The highest BCUT2D eigenvalue weighted by Gasteiger charge is 2.06. The summed E-state index contributed by atoms with van der Waals surface area (Å²) in [5, 5.41) is 0.752. The van der Waals surface area contributed by atoms with Gasteiger partial charge < -0.3 is 9.64 Å².